The first-order valence-electron chi connectivity index (χ1n) is 9.79. The molecule has 4 atom stereocenters. The fourth-order valence-electron chi connectivity index (χ4n) is 5.62. The minimum Gasteiger partial charge on any atom is -0.480 e. The molecule has 0 aromatic heterocycles. The molecule has 31 heavy (non-hydrogen) atoms. The molecule has 2 aliphatic rings. The minimum atomic E-state index is -1.85. The van der Waals surface area contributed by atoms with Crippen molar-refractivity contribution in [1.29, 1.82) is 0 Å². The SMILES string of the molecule is C=C[C@H]1C[C@@](C(=O)O)(C(=O)OC)[C@@H](c2ccc(Cl)cc2)[C@]12C(C)=Nc1ccc(Cl)cc12. The number of benzene rings is 2. The summed E-state index contributed by atoms with van der Waals surface area (Å²) in [5, 5.41) is 11.5. The number of rotatable bonds is 4. The van der Waals surface area contributed by atoms with Gasteiger partial charge in [0.15, 0.2) is 5.41 Å². The Balaban J connectivity index is 2.13. The van der Waals surface area contributed by atoms with Crippen LogP contribution in [0.2, 0.25) is 10.0 Å². The lowest BCUT2D eigenvalue weighted by molar-refractivity contribution is -0.168. The standard InChI is InChI=1S/C24H21Cl2NO4/c1-4-15-12-23(21(28)29,22(30)31-3)20(14-5-7-16(25)8-6-14)24(15)13(2)27-19-10-9-17(26)11-18(19)24/h4-11,15,20H,1,12H2,2-3H3,(H,28,29)/t15-,20+,23+,24+/m0/s1. The summed E-state index contributed by atoms with van der Waals surface area (Å²) in [6.07, 6.45) is 1.73. The van der Waals surface area contributed by atoms with E-state index in [1.54, 1.807) is 36.4 Å². The lowest BCUT2D eigenvalue weighted by Gasteiger charge is -2.40. The van der Waals surface area contributed by atoms with Crippen molar-refractivity contribution in [3.05, 3.63) is 76.3 Å². The van der Waals surface area contributed by atoms with Crippen molar-refractivity contribution in [2.75, 3.05) is 7.11 Å². The number of ether oxygens (including phenoxy) is 1. The van der Waals surface area contributed by atoms with Crippen molar-refractivity contribution in [3.8, 4) is 0 Å². The molecule has 1 spiro atoms. The van der Waals surface area contributed by atoms with Gasteiger partial charge in [-0.1, -0.05) is 41.4 Å². The molecular formula is C24H21Cl2NO4. The average Bonchev–Trinajstić information content (AvgIpc) is 3.22. The Morgan fingerprint density at radius 2 is 1.84 bits per heavy atom. The van der Waals surface area contributed by atoms with E-state index in [1.807, 2.05) is 19.1 Å². The summed E-state index contributed by atoms with van der Waals surface area (Å²) in [7, 11) is 1.21. The summed E-state index contributed by atoms with van der Waals surface area (Å²) in [5.74, 6) is -3.25. The van der Waals surface area contributed by atoms with Gasteiger partial charge in [-0.05, 0) is 60.7 Å². The number of carboxylic acid groups (broad SMARTS) is 1. The number of esters is 1. The molecule has 1 fully saturated rings. The number of allylic oxidation sites excluding steroid dienone is 1. The molecule has 160 valence electrons. The molecule has 4 rings (SSSR count). The third-order valence-electron chi connectivity index (χ3n) is 6.79. The maximum absolute atomic E-state index is 13.2. The van der Waals surface area contributed by atoms with E-state index in [-0.39, 0.29) is 6.42 Å². The summed E-state index contributed by atoms with van der Waals surface area (Å²) in [4.78, 5) is 30.8. The number of fused-ring (bicyclic) bond motifs is 2. The number of aliphatic carboxylic acids is 1. The molecule has 0 amide bonds. The van der Waals surface area contributed by atoms with Crippen LogP contribution < -0.4 is 0 Å². The van der Waals surface area contributed by atoms with Gasteiger partial charge in [0.05, 0.1) is 18.2 Å². The largest absolute Gasteiger partial charge is 0.480 e. The van der Waals surface area contributed by atoms with E-state index in [4.69, 9.17) is 32.9 Å². The van der Waals surface area contributed by atoms with E-state index >= 15 is 0 Å². The number of hydrogen-bond acceptors (Lipinski definition) is 4. The van der Waals surface area contributed by atoms with Crippen molar-refractivity contribution < 1.29 is 19.4 Å². The van der Waals surface area contributed by atoms with Crippen LogP contribution in [-0.4, -0.2) is 29.9 Å². The Kier molecular flexibility index (Phi) is 5.23. The Morgan fingerprint density at radius 1 is 1.19 bits per heavy atom. The number of carbonyl (C=O) groups is 2. The Bertz CT molecular complexity index is 1130. The summed E-state index contributed by atoms with van der Waals surface area (Å²) < 4.78 is 5.07. The van der Waals surface area contributed by atoms with Gasteiger partial charge in [0, 0.05) is 21.7 Å². The first-order valence-corrected chi connectivity index (χ1v) is 10.5. The van der Waals surface area contributed by atoms with E-state index < -0.39 is 34.6 Å². The van der Waals surface area contributed by atoms with Crippen molar-refractivity contribution in [2.24, 2.45) is 16.3 Å². The van der Waals surface area contributed by atoms with E-state index in [2.05, 4.69) is 6.58 Å². The van der Waals surface area contributed by atoms with E-state index in [0.29, 0.717) is 27.0 Å². The van der Waals surface area contributed by atoms with Gasteiger partial charge in [-0.3, -0.25) is 14.6 Å². The Labute approximate surface area is 190 Å². The number of halogens is 2. The molecule has 1 aliphatic carbocycles. The van der Waals surface area contributed by atoms with Gasteiger partial charge >= 0.3 is 11.9 Å². The molecule has 2 aromatic rings. The summed E-state index contributed by atoms with van der Waals surface area (Å²) in [6.45, 7) is 5.85. The summed E-state index contributed by atoms with van der Waals surface area (Å²) in [6, 6.07) is 12.3. The molecule has 2 aromatic carbocycles. The monoisotopic (exact) mass is 457 g/mol. The first kappa shape index (κ1) is 21.6. The highest BCUT2D eigenvalue weighted by Gasteiger charge is 2.72. The topological polar surface area (TPSA) is 76.0 Å². The predicted octanol–water partition coefficient (Wildman–Crippen LogP) is 5.57. The molecule has 1 N–H and O–H groups in total. The second kappa shape index (κ2) is 7.50. The zero-order valence-electron chi connectivity index (χ0n) is 17.1. The van der Waals surface area contributed by atoms with Gasteiger partial charge in [0.1, 0.15) is 0 Å². The zero-order valence-corrected chi connectivity index (χ0v) is 18.6. The predicted molar refractivity (Wildman–Crippen MR) is 120 cm³/mol. The molecule has 0 saturated heterocycles. The van der Waals surface area contributed by atoms with Crippen LogP contribution in [-0.2, 0) is 19.7 Å². The van der Waals surface area contributed by atoms with Crippen LogP contribution in [0.4, 0.5) is 5.69 Å². The molecule has 0 bridgehead atoms. The number of methoxy groups -OCH3 is 1. The van der Waals surface area contributed by atoms with Crippen molar-refractivity contribution in [1.82, 2.24) is 0 Å². The van der Waals surface area contributed by atoms with Crippen molar-refractivity contribution >= 4 is 46.5 Å². The van der Waals surface area contributed by atoms with E-state index in [9.17, 15) is 14.7 Å². The van der Waals surface area contributed by atoms with Crippen molar-refractivity contribution in [3.63, 3.8) is 0 Å². The van der Waals surface area contributed by atoms with Crippen LogP contribution >= 0.6 is 23.2 Å². The van der Waals surface area contributed by atoms with Crippen LogP contribution in [0, 0.1) is 11.3 Å². The van der Waals surface area contributed by atoms with Gasteiger partial charge in [0.2, 0.25) is 0 Å². The molecule has 0 unspecified atom stereocenters. The van der Waals surface area contributed by atoms with E-state index in [1.165, 1.54) is 7.11 Å². The highest BCUT2D eigenvalue weighted by molar-refractivity contribution is 6.31. The fraction of sp³-hybridized carbons (Fsp3) is 0.292. The molecule has 0 radical (unpaired) electrons. The molecule has 1 saturated carbocycles. The highest BCUT2D eigenvalue weighted by Crippen LogP contribution is 2.67. The fourth-order valence-corrected chi connectivity index (χ4v) is 5.92. The molecule has 5 nitrogen and oxygen atoms in total. The molecule has 7 heteroatoms. The van der Waals surface area contributed by atoms with Gasteiger partial charge < -0.3 is 9.84 Å². The number of nitrogens with zero attached hydrogens (tertiary/aromatic N) is 1. The second-order valence-corrected chi connectivity index (χ2v) is 8.90. The van der Waals surface area contributed by atoms with Crippen LogP contribution in [0.25, 0.3) is 0 Å². The van der Waals surface area contributed by atoms with E-state index in [0.717, 1.165) is 5.56 Å². The zero-order chi connectivity index (χ0) is 22.6. The summed E-state index contributed by atoms with van der Waals surface area (Å²) >= 11 is 12.5. The third kappa shape index (κ3) is 2.80. The smallest absolute Gasteiger partial charge is 0.323 e. The number of aliphatic imine (C=N–C) groups is 1. The normalized spacial score (nSPS) is 28.8. The lowest BCUT2D eigenvalue weighted by atomic mass is 9.59. The van der Waals surface area contributed by atoms with Gasteiger partial charge in [-0.2, -0.15) is 0 Å². The van der Waals surface area contributed by atoms with Crippen molar-refractivity contribution in [2.45, 2.75) is 24.7 Å². The number of hydrogen-bond donors (Lipinski definition) is 1. The molecule has 1 heterocycles. The maximum atomic E-state index is 13.2. The van der Waals surface area contributed by atoms with Gasteiger partial charge in [-0.15, -0.1) is 6.58 Å². The number of carboxylic acids is 1. The highest BCUT2D eigenvalue weighted by atomic mass is 35.5. The minimum absolute atomic E-state index is 0.0185. The Hall–Kier alpha value is -2.63. The quantitative estimate of drug-likeness (QED) is 0.369. The van der Waals surface area contributed by atoms with Crippen LogP contribution in [0.15, 0.2) is 60.1 Å². The van der Waals surface area contributed by atoms with Gasteiger partial charge in [0.25, 0.3) is 0 Å². The van der Waals surface area contributed by atoms with Crippen LogP contribution in [0.1, 0.15) is 30.4 Å². The van der Waals surface area contributed by atoms with Gasteiger partial charge in [-0.25, -0.2) is 0 Å². The Morgan fingerprint density at radius 3 is 2.42 bits per heavy atom. The average molecular weight is 458 g/mol. The van der Waals surface area contributed by atoms with Crippen LogP contribution in [0.3, 0.4) is 0 Å². The third-order valence-corrected chi connectivity index (χ3v) is 7.27. The van der Waals surface area contributed by atoms with Crippen LogP contribution in [0.5, 0.6) is 0 Å². The maximum Gasteiger partial charge on any atom is 0.323 e. The second-order valence-electron chi connectivity index (χ2n) is 8.03. The summed E-state index contributed by atoms with van der Waals surface area (Å²) in [5.41, 5.74) is 0.0866. The molecule has 1 aliphatic heterocycles. The number of carbonyl (C=O) groups excluding carboxylic acids is 1. The first-order chi connectivity index (χ1) is 14.7. The molecular weight excluding hydrogens is 437 g/mol. The lowest BCUT2D eigenvalue weighted by Crippen LogP contribution is -2.48.